The number of carbonyl (C=O) groups excluding carboxylic acids is 2. The van der Waals surface area contributed by atoms with Gasteiger partial charge in [-0.2, -0.15) is 10.2 Å². The van der Waals surface area contributed by atoms with Crippen LogP contribution in [-0.4, -0.2) is 76.6 Å². The van der Waals surface area contributed by atoms with Crippen molar-refractivity contribution in [2.75, 3.05) is 37.6 Å². The van der Waals surface area contributed by atoms with Crippen molar-refractivity contribution in [3.05, 3.63) is 88.5 Å². The first-order chi connectivity index (χ1) is 19.2. The van der Waals surface area contributed by atoms with Crippen LogP contribution in [-0.2, 0) is 23.2 Å². The van der Waals surface area contributed by atoms with Crippen LogP contribution in [0.4, 0.5) is 10.1 Å². The van der Waals surface area contributed by atoms with Gasteiger partial charge in [0.15, 0.2) is 0 Å². The summed E-state index contributed by atoms with van der Waals surface area (Å²) in [5.74, 6) is -0.202. The summed E-state index contributed by atoms with van der Waals surface area (Å²) >= 11 is 0. The average molecular weight is 543 g/mol. The monoisotopic (exact) mass is 542 g/mol. The number of hydrogen-bond acceptors (Lipinski definition) is 6. The Hall–Kier alpha value is -3.69. The summed E-state index contributed by atoms with van der Waals surface area (Å²) in [6.45, 7) is 9.68. The minimum atomic E-state index is -0.323. The molecule has 2 atom stereocenters. The molecule has 6 rings (SSSR count). The minimum absolute atomic E-state index is 0.0164. The smallest absolute Gasteiger partial charge is 0.254 e. The van der Waals surface area contributed by atoms with Crippen molar-refractivity contribution in [1.29, 1.82) is 0 Å². The standard InChI is InChI=1S/C31H35FN6O2/c1-20-15-36(25(14-33-20)17-37-16-22-6-4-5-7-26(22)30(37)40)18-28(39)38-19-31(2,3)29-27(38)13-24(34-35-29)12-21-8-10-23(32)11-9-21/h4-11,13,20,25,33H,12,14-19H2,1-3H3/t20?,25-/m1/s1. The van der Waals surface area contributed by atoms with Crippen LogP contribution in [0.25, 0.3) is 0 Å². The van der Waals surface area contributed by atoms with E-state index in [0.717, 1.165) is 40.3 Å². The van der Waals surface area contributed by atoms with Gasteiger partial charge in [-0.05, 0) is 42.3 Å². The maximum absolute atomic E-state index is 13.9. The Morgan fingerprint density at radius 3 is 2.67 bits per heavy atom. The maximum atomic E-state index is 13.9. The summed E-state index contributed by atoms with van der Waals surface area (Å²) in [5.41, 5.74) is 4.79. The van der Waals surface area contributed by atoms with Gasteiger partial charge in [0.25, 0.3) is 5.91 Å². The molecule has 4 heterocycles. The largest absolute Gasteiger partial charge is 0.333 e. The number of fused-ring (bicyclic) bond motifs is 2. The number of rotatable bonds is 6. The summed E-state index contributed by atoms with van der Waals surface area (Å²) in [7, 11) is 0. The molecule has 3 aliphatic rings. The number of anilines is 1. The Balaban J connectivity index is 1.19. The second kappa shape index (κ2) is 10.4. The molecule has 3 aliphatic heterocycles. The SMILES string of the molecule is CC1CN(CC(=O)N2CC(C)(C)c3nnc(Cc4ccc(F)cc4)cc32)[C@@H](CN2Cc3ccccc3C2=O)CN1. The van der Waals surface area contributed by atoms with Crippen LogP contribution in [0.1, 0.15) is 53.6 Å². The lowest BCUT2D eigenvalue weighted by Crippen LogP contribution is -2.60. The summed E-state index contributed by atoms with van der Waals surface area (Å²) < 4.78 is 13.4. The van der Waals surface area contributed by atoms with Crippen LogP contribution < -0.4 is 10.2 Å². The highest BCUT2D eigenvalue weighted by Gasteiger charge is 2.41. The molecule has 8 nitrogen and oxygen atoms in total. The Morgan fingerprint density at radius 1 is 1.12 bits per heavy atom. The Bertz CT molecular complexity index is 1440. The van der Waals surface area contributed by atoms with Crippen molar-refractivity contribution in [2.45, 2.75) is 51.2 Å². The van der Waals surface area contributed by atoms with Crippen LogP contribution in [0.5, 0.6) is 0 Å². The number of piperazine rings is 1. The Labute approximate surface area is 234 Å². The van der Waals surface area contributed by atoms with Crippen LogP contribution in [0, 0.1) is 5.82 Å². The molecule has 2 aromatic carbocycles. The fourth-order valence-corrected chi connectivity index (χ4v) is 6.16. The van der Waals surface area contributed by atoms with Crippen molar-refractivity contribution in [2.24, 2.45) is 0 Å². The number of nitrogens with one attached hydrogen (secondary N) is 1. The van der Waals surface area contributed by atoms with Gasteiger partial charge < -0.3 is 15.1 Å². The fourth-order valence-electron chi connectivity index (χ4n) is 6.16. The van der Waals surface area contributed by atoms with Gasteiger partial charge in [-0.15, -0.1) is 0 Å². The van der Waals surface area contributed by atoms with Crippen molar-refractivity contribution >= 4 is 17.5 Å². The first-order valence-electron chi connectivity index (χ1n) is 13.9. The van der Waals surface area contributed by atoms with Gasteiger partial charge in [-0.3, -0.25) is 14.5 Å². The topological polar surface area (TPSA) is 81.7 Å². The van der Waals surface area contributed by atoms with E-state index in [1.807, 2.05) is 40.1 Å². The molecule has 40 heavy (non-hydrogen) atoms. The Kier molecular flexibility index (Phi) is 6.88. The van der Waals surface area contributed by atoms with E-state index in [4.69, 9.17) is 0 Å². The number of nitrogens with zero attached hydrogens (tertiary/aromatic N) is 5. The van der Waals surface area contributed by atoms with Crippen molar-refractivity contribution in [3.8, 4) is 0 Å². The van der Waals surface area contributed by atoms with Gasteiger partial charge in [-0.1, -0.05) is 44.2 Å². The third-order valence-corrected chi connectivity index (χ3v) is 8.30. The van der Waals surface area contributed by atoms with Crippen molar-refractivity contribution in [3.63, 3.8) is 0 Å². The van der Waals surface area contributed by atoms with E-state index in [-0.39, 0.29) is 41.7 Å². The van der Waals surface area contributed by atoms with E-state index >= 15 is 0 Å². The number of amides is 2. The van der Waals surface area contributed by atoms with Gasteiger partial charge in [0, 0.05) is 62.2 Å². The lowest BCUT2D eigenvalue weighted by molar-refractivity contribution is -0.120. The molecule has 1 fully saturated rings. The fraction of sp³-hybridized carbons (Fsp3) is 0.419. The molecule has 1 saturated heterocycles. The zero-order chi connectivity index (χ0) is 28.0. The molecule has 0 saturated carbocycles. The van der Waals surface area contributed by atoms with Gasteiger partial charge >= 0.3 is 0 Å². The van der Waals surface area contributed by atoms with E-state index in [1.165, 1.54) is 12.1 Å². The lowest BCUT2D eigenvalue weighted by atomic mass is 9.91. The summed E-state index contributed by atoms with van der Waals surface area (Å²) in [6, 6.07) is 16.4. The molecule has 0 bridgehead atoms. The molecule has 2 amide bonds. The molecule has 0 aliphatic carbocycles. The first kappa shape index (κ1) is 26.5. The number of hydrogen-bond donors (Lipinski definition) is 1. The molecule has 1 N–H and O–H groups in total. The van der Waals surface area contributed by atoms with Crippen LogP contribution in [0.15, 0.2) is 54.6 Å². The van der Waals surface area contributed by atoms with Gasteiger partial charge in [0.2, 0.25) is 5.91 Å². The molecule has 9 heteroatoms. The van der Waals surface area contributed by atoms with E-state index in [1.54, 1.807) is 12.1 Å². The number of carbonyl (C=O) groups is 2. The summed E-state index contributed by atoms with van der Waals surface area (Å²) in [6.07, 6.45) is 0.507. The molecule has 208 valence electrons. The van der Waals surface area contributed by atoms with E-state index < -0.39 is 0 Å². The highest BCUT2D eigenvalue weighted by Crippen LogP contribution is 2.39. The number of benzene rings is 2. The maximum Gasteiger partial charge on any atom is 0.254 e. The highest BCUT2D eigenvalue weighted by molar-refractivity contribution is 5.98. The summed E-state index contributed by atoms with van der Waals surface area (Å²) in [4.78, 5) is 32.9. The number of halogens is 1. The van der Waals surface area contributed by atoms with E-state index in [0.29, 0.717) is 32.6 Å². The van der Waals surface area contributed by atoms with Crippen molar-refractivity contribution in [1.82, 2.24) is 25.3 Å². The molecule has 0 spiro atoms. The number of aromatic nitrogens is 2. The highest BCUT2D eigenvalue weighted by atomic mass is 19.1. The van der Waals surface area contributed by atoms with Crippen LogP contribution >= 0.6 is 0 Å². The van der Waals surface area contributed by atoms with Crippen LogP contribution in [0.2, 0.25) is 0 Å². The third kappa shape index (κ3) is 5.11. The zero-order valence-corrected chi connectivity index (χ0v) is 23.2. The van der Waals surface area contributed by atoms with E-state index in [9.17, 15) is 14.0 Å². The molecular weight excluding hydrogens is 507 g/mol. The molecule has 3 aromatic rings. The lowest BCUT2D eigenvalue weighted by Gasteiger charge is -2.41. The third-order valence-electron chi connectivity index (χ3n) is 8.30. The molecule has 1 aromatic heterocycles. The first-order valence-corrected chi connectivity index (χ1v) is 13.9. The molecule has 0 radical (unpaired) electrons. The van der Waals surface area contributed by atoms with Gasteiger partial charge in [0.1, 0.15) is 5.82 Å². The van der Waals surface area contributed by atoms with Gasteiger partial charge in [-0.25, -0.2) is 4.39 Å². The van der Waals surface area contributed by atoms with Gasteiger partial charge in [0.05, 0.1) is 23.6 Å². The zero-order valence-electron chi connectivity index (χ0n) is 23.2. The average Bonchev–Trinajstić information content (AvgIpc) is 3.39. The quantitative estimate of drug-likeness (QED) is 0.516. The molecule has 1 unspecified atom stereocenters. The molecular formula is C31H35FN6O2. The summed E-state index contributed by atoms with van der Waals surface area (Å²) in [5, 5.41) is 12.5. The predicted molar refractivity (Wildman–Crippen MR) is 151 cm³/mol. The normalized spacial score (nSPS) is 21.9. The van der Waals surface area contributed by atoms with E-state index in [2.05, 4.69) is 41.2 Å². The van der Waals surface area contributed by atoms with Crippen molar-refractivity contribution < 1.29 is 14.0 Å². The second-order valence-electron chi connectivity index (χ2n) is 12.0. The minimum Gasteiger partial charge on any atom is -0.333 e. The predicted octanol–water partition coefficient (Wildman–Crippen LogP) is 3.15. The second-order valence-corrected chi connectivity index (χ2v) is 12.0. The Morgan fingerprint density at radius 2 is 1.90 bits per heavy atom. The van der Waals surface area contributed by atoms with Crippen LogP contribution in [0.3, 0.4) is 0 Å².